The zero-order valence-corrected chi connectivity index (χ0v) is 11.5. The second kappa shape index (κ2) is 5.25. The lowest BCUT2D eigenvalue weighted by Crippen LogP contribution is -2.46. The van der Waals surface area contributed by atoms with Crippen molar-refractivity contribution in [3.05, 3.63) is 15.6 Å². The van der Waals surface area contributed by atoms with E-state index in [2.05, 4.69) is 21.8 Å². The molecule has 2 rings (SSSR count). The predicted molar refractivity (Wildman–Crippen MR) is 69.9 cm³/mol. The average Bonchev–Trinajstić information content (AvgIpc) is 2.61. The molecule has 0 saturated carbocycles. The van der Waals surface area contributed by atoms with Crippen LogP contribution in [-0.4, -0.2) is 60.3 Å². The van der Waals surface area contributed by atoms with Gasteiger partial charge in [0.2, 0.25) is 0 Å². The molecule has 1 fully saturated rings. The molecular weight excluding hydrogens is 234 g/mol. The summed E-state index contributed by atoms with van der Waals surface area (Å²) in [7, 11) is 2.12. The van der Waals surface area contributed by atoms with Crippen LogP contribution in [0.5, 0.6) is 0 Å². The molecule has 1 aliphatic rings. The lowest BCUT2D eigenvalue weighted by atomic mass is 10.2. The summed E-state index contributed by atoms with van der Waals surface area (Å²) in [5, 5.41) is 0.976. The molecule has 0 aromatic carbocycles. The van der Waals surface area contributed by atoms with Crippen molar-refractivity contribution in [2.45, 2.75) is 13.8 Å². The highest BCUT2D eigenvalue weighted by Gasteiger charge is 2.20. The molecule has 1 aromatic heterocycles. The predicted octanol–water partition coefficient (Wildman–Crippen LogP) is 1.19. The summed E-state index contributed by atoms with van der Waals surface area (Å²) in [4.78, 5) is 21.8. The zero-order chi connectivity index (χ0) is 12.4. The minimum Gasteiger partial charge on any atom is -0.304 e. The SMILES string of the molecule is Cc1nc(C)c(C(=O)CN2CCN(C)CC2)s1. The summed E-state index contributed by atoms with van der Waals surface area (Å²) in [6, 6.07) is 0. The molecule has 0 aliphatic carbocycles. The third-order valence-electron chi connectivity index (χ3n) is 3.12. The Morgan fingerprint density at radius 3 is 2.47 bits per heavy atom. The molecule has 0 atom stereocenters. The van der Waals surface area contributed by atoms with Crippen molar-refractivity contribution < 1.29 is 4.79 Å². The lowest BCUT2D eigenvalue weighted by molar-refractivity contribution is 0.0879. The summed E-state index contributed by atoms with van der Waals surface area (Å²) in [6.07, 6.45) is 0. The van der Waals surface area contributed by atoms with E-state index in [1.165, 1.54) is 11.3 Å². The van der Waals surface area contributed by atoms with E-state index in [1.807, 2.05) is 13.8 Å². The number of thiazole rings is 1. The standard InChI is InChI=1S/C12H19N3OS/c1-9-12(17-10(2)13-9)11(16)8-15-6-4-14(3)5-7-15/h4-8H2,1-3H3. The molecule has 0 spiro atoms. The van der Waals surface area contributed by atoms with Gasteiger partial charge in [-0.3, -0.25) is 9.69 Å². The van der Waals surface area contributed by atoms with E-state index in [1.54, 1.807) is 0 Å². The number of ketones is 1. The van der Waals surface area contributed by atoms with Gasteiger partial charge >= 0.3 is 0 Å². The second-order valence-electron chi connectivity index (χ2n) is 4.65. The summed E-state index contributed by atoms with van der Waals surface area (Å²) in [5.41, 5.74) is 0.881. The van der Waals surface area contributed by atoms with Crippen LogP contribution in [-0.2, 0) is 0 Å². The first-order chi connectivity index (χ1) is 8.06. The van der Waals surface area contributed by atoms with Gasteiger partial charge in [0.25, 0.3) is 0 Å². The van der Waals surface area contributed by atoms with Crippen LogP contribution in [0.3, 0.4) is 0 Å². The third kappa shape index (κ3) is 3.12. The molecule has 0 N–H and O–H groups in total. The van der Waals surface area contributed by atoms with Crippen molar-refractivity contribution in [1.29, 1.82) is 0 Å². The van der Waals surface area contributed by atoms with E-state index in [-0.39, 0.29) is 5.78 Å². The average molecular weight is 253 g/mol. The number of hydrogen-bond acceptors (Lipinski definition) is 5. The first-order valence-corrected chi connectivity index (χ1v) is 6.76. The summed E-state index contributed by atoms with van der Waals surface area (Å²) in [5.74, 6) is 0.220. The van der Waals surface area contributed by atoms with Crippen LogP contribution in [0.1, 0.15) is 20.4 Å². The summed E-state index contributed by atoms with van der Waals surface area (Å²) < 4.78 is 0. The number of aryl methyl sites for hydroxylation is 2. The van der Waals surface area contributed by atoms with Gasteiger partial charge in [0, 0.05) is 26.2 Å². The fourth-order valence-corrected chi connectivity index (χ4v) is 2.92. The van der Waals surface area contributed by atoms with E-state index < -0.39 is 0 Å². The summed E-state index contributed by atoms with van der Waals surface area (Å²) in [6.45, 7) is 8.47. The van der Waals surface area contributed by atoms with Crippen molar-refractivity contribution >= 4 is 17.1 Å². The molecule has 0 radical (unpaired) electrons. The monoisotopic (exact) mass is 253 g/mol. The molecule has 1 aromatic rings. The zero-order valence-electron chi connectivity index (χ0n) is 10.7. The number of nitrogens with zero attached hydrogens (tertiary/aromatic N) is 3. The lowest BCUT2D eigenvalue weighted by Gasteiger charge is -2.31. The van der Waals surface area contributed by atoms with E-state index in [0.717, 1.165) is 41.8 Å². The van der Waals surface area contributed by atoms with Crippen molar-refractivity contribution in [2.75, 3.05) is 39.8 Å². The molecular formula is C12H19N3OS. The second-order valence-corrected chi connectivity index (χ2v) is 5.85. The number of rotatable bonds is 3. The highest BCUT2D eigenvalue weighted by Crippen LogP contribution is 2.18. The van der Waals surface area contributed by atoms with Gasteiger partial charge in [0.1, 0.15) is 0 Å². The normalized spacial score (nSPS) is 18.5. The van der Waals surface area contributed by atoms with Gasteiger partial charge in [-0.05, 0) is 20.9 Å². The number of Topliss-reactive ketones (excluding diaryl/α,β-unsaturated/α-hetero) is 1. The maximum absolute atomic E-state index is 12.1. The number of likely N-dealkylation sites (N-methyl/N-ethyl adjacent to an activating group) is 1. The van der Waals surface area contributed by atoms with Gasteiger partial charge in [0.05, 0.1) is 22.1 Å². The molecule has 0 bridgehead atoms. The number of aromatic nitrogens is 1. The van der Waals surface area contributed by atoms with E-state index >= 15 is 0 Å². The topological polar surface area (TPSA) is 36.4 Å². The van der Waals surface area contributed by atoms with Gasteiger partial charge in [-0.2, -0.15) is 0 Å². The van der Waals surface area contributed by atoms with Crippen LogP contribution in [0.2, 0.25) is 0 Å². The number of carbonyl (C=O) groups is 1. The molecule has 5 heteroatoms. The Bertz CT molecular complexity index is 408. The van der Waals surface area contributed by atoms with Crippen LogP contribution in [0.4, 0.5) is 0 Å². The minimum absolute atomic E-state index is 0.220. The molecule has 1 saturated heterocycles. The van der Waals surface area contributed by atoms with Crippen molar-refractivity contribution in [2.24, 2.45) is 0 Å². The Balaban J connectivity index is 1.95. The van der Waals surface area contributed by atoms with Crippen LogP contribution in [0.25, 0.3) is 0 Å². The molecule has 0 unspecified atom stereocenters. The van der Waals surface area contributed by atoms with E-state index in [9.17, 15) is 4.79 Å². The molecule has 94 valence electrons. The maximum Gasteiger partial charge on any atom is 0.188 e. The first-order valence-electron chi connectivity index (χ1n) is 5.94. The largest absolute Gasteiger partial charge is 0.304 e. The highest BCUT2D eigenvalue weighted by atomic mass is 32.1. The maximum atomic E-state index is 12.1. The Kier molecular flexibility index (Phi) is 3.91. The third-order valence-corrected chi connectivity index (χ3v) is 4.23. The van der Waals surface area contributed by atoms with Crippen LogP contribution < -0.4 is 0 Å². The Morgan fingerprint density at radius 2 is 1.94 bits per heavy atom. The fourth-order valence-electron chi connectivity index (χ4n) is 2.07. The fraction of sp³-hybridized carbons (Fsp3) is 0.667. The highest BCUT2D eigenvalue weighted by molar-refractivity contribution is 7.13. The Labute approximate surface area is 106 Å². The number of carbonyl (C=O) groups excluding carboxylic acids is 1. The van der Waals surface area contributed by atoms with E-state index in [0.29, 0.717) is 6.54 Å². The van der Waals surface area contributed by atoms with E-state index in [4.69, 9.17) is 0 Å². The number of hydrogen-bond donors (Lipinski definition) is 0. The minimum atomic E-state index is 0.220. The molecule has 17 heavy (non-hydrogen) atoms. The molecule has 4 nitrogen and oxygen atoms in total. The van der Waals surface area contributed by atoms with Crippen molar-refractivity contribution in [3.8, 4) is 0 Å². The number of piperazine rings is 1. The van der Waals surface area contributed by atoms with Gasteiger partial charge in [-0.15, -0.1) is 11.3 Å². The smallest absolute Gasteiger partial charge is 0.188 e. The Hall–Kier alpha value is -0.780. The van der Waals surface area contributed by atoms with Gasteiger partial charge in [-0.25, -0.2) is 4.98 Å². The van der Waals surface area contributed by atoms with Crippen molar-refractivity contribution in [1.82, 2.24) is 14.8 Å². The van der Waals surface area contributed by atoms with Crippen LogP contribution in [0, 0.1) is 13.8 Å². The Morgan fingerprint density at radius 1 is 1.29 bits per heavy atom. The first kappa shape index (κ1) is 12.7. The quantitative estimate of drug-likeness (QED) is 0.758. The van der Waals surface area contributed by atoms with Crippen molar-refractivity contribution in [3.63, 3.8) is 0 Å². The van der Waals surface area contributed by atoms with Gasteiger partial charge < -0.3 is 4.90 Å². The van der Waals surface area contributed by atoms with Crippen LogP contribution in [0.15, 0.2) is 0 Å². The molecule has 1 aliphatic heterocycles. The summed E-state index contributed by atoms with van der Waals surface area (Å²) >= 11 is 1.51. The molecule has 0 amide bonds. The van der Waals surface area contributed by atoms with Gasteiger partial charge in [0.15, 0.2) is 5.78 Å². The molecule has 2 heterocycles. The van der Waals surface area contributed by atoms with Crippen LogP contribution >= 0.6 is 11.3 Å². The van der Waals surface area contributed by atoms with Gasteiger partial charge in [-0.1, -0.05) is 0 Å².